The highest BCUT2D eigenvalue weighted by molar-refractivity contribution is 7.20. The molecule has 0 saturated carbocycles. The Labute approximate surface area is 175 Å². The van der Waals surface area contributed by atoms with Crippen LogP contribution < -0.4 is 5.56 Å². The van der Waals surface area contributed by atoms with Crippen LogP contribution in [0.3, 0.4) is 0 Å². The highest BCUT2D eigenvalue weighted by Crippen LogP contribution is 2.29. The molecular weight excluding hydrogens is 382 g/mol. The lowest BCUT2D eigenvalue weighted by molar-refractivity contribution is 0.0798. The van der Waals surface area contributed by atoms with Crippen LogP contribution in [0.5, 0.6) is 0 Å². The molecule has 1 amide bonds. The summed E-state index contributed by atoms with van der Waals surface area (Å²) in [7, 11) is 1.84. The Morgan fingerprint density at radius 3 is 2.79 bits per heavy atom. The van der Waals surface area contributed by atoms with E-state index in [0.717, 1.165) is 56.5 Å². The Morgan fingerprint density at radius 1 is 1.21 bits per heavy atom. The topological polar surface area (TPSA) is 55.2 Å². The number of thiophene rings is 1. The number of benzene rings is 1. The highest BCUT2D eigenvalue weighted by Gasteiger charge is 2.23. The molecule has 0 unspecified atom stereocenters. The minimum absolute atomic E-state index is 0.0156. The van der Waals surface area contributed by atoms with Gasteiger partial charge in [-0.05, 0) is 43.7 Å². The van der Waals surface area contributed by atoms with Crippen LogP contribution in [0.15, 0.2) is 35.1 Å². The van der Waals surface area contributed by atoms with Gasteiger partial charge in [0.25, 0.3) is 11.5 Å². The summed E-state index contributed by atoms with van der Waals surface area (Å²) in [6, 6.07) is 10.3. The van der Waals surface area contributed by atoms with Crippen molar-refractivity contribution in [3.8, 4) is 0 Å². The number of hydrogen-bond acceptors (Lipinski definition) is 4. The van der Waals surface area contributed by atoms with Gasteiger partial charge in [0.05, 0.1) is 10.3 Å². The maximum Gasteiger partial charge on any atom is 0.264 e. The molecule has 0 spiro atoms. The third-order valence-electron chi connectivity index (χ3n) is 5.75. The zero-order chi connectivity index (χ0) is 20.4. The fraction of sp³-hybridized carbons (Fsp3) is 0.435. The maximum absolute atomic E-state index is 13.1. The van der Waals surface area contributed by atoms with Crippen molar-refractivity contribution in [1.29, 1.82) is 0 Å². The smallest absolute Gasteiger partial charge is 0.264 e. The van der Waals surface area contributed by atoms with E-state index in [0.29, 0.717) is 21.6 Å². The van der Waals surface area contributed by atoms with Crippen molar-refractivity contribution in [2.24, 2.45) is 0 Å². The SMILES string of the molecule is Cc1c(C(=O)N(C)CCCc2ccccc2)sc2nc3n(c(=O)c12)CCCCC3. The van der Waals surface area contributed by atoms with Crippen LogP contribution in [0, 0.1) is 6.92 Å². The van der Waals surface area contributed by atoms with E-state index < -0.39 is 0 Å². The highest BCUT2D eigenvalue weighted by atomic mass is 32.1. The van der Waals surface area contributed by atoms with Crippen molar-refractivity contribution in [1.82, 2.24) is 14.5 Å². The van der Waals surface area contributed by atoms with Gasteiger partial charge in [0.15, 0.2) is 0 Å². The molecule has 1 aliphatic rings. The summed E-state index contributed by atoms with van der Waals surface area (Å²) in [5.74, 6) is 0.856. The molecule has 4 rings (SSSR count). The van der Waals surface area contributed by atoms with E-state index in [2.05, 4.69) is 12.1 Å². The van der Waals surface area contributed by atoms with Gasteiger partial charge in [-0.25, -0.2) is 4.98 Å². The van der Waals surface area contributed by atoms with Crippen LogP contribution in [-0.2, 0) is 19.4 Å². The number of nitrogens with zero attached hydrogens (tertiary/aromatic N) is 3. The monoisotopic (exact) mass is 409 g/mol. The molecule has 0 aliphatic carbocycles. The number of carbonyl (C=O) groups excluding carboxylic acids is 1. The third kappa shape index (κ3) is 3.99. The van der Waals surface area contributed by atoms with E-state index >= 15 is 0 Å². The fourth-order valence-electron chi connectivity index (χ4n) is 4.05. The van der Waals surface area contributed by atoms with Gasteiger partial charge in [0.1, 0.15) is 10.7 Å². The van der Waals surface area contributed by atoms with Gasteiger partial charge >= 0.3 is 0 Å². The van der Waals surface area contributed by atoms with Crippen LogP contribution in [0.2, 0.25) is 0 Å². The van der Waals surface area contributed by atoms with Crippen molar-refractivity contribution in [2.45, 2.75) is 52.0 Å². The minimum atomic E-state index is -0.0156. The summed E-state index contributed by atoms with van der Waals surface area (Å²) >= 11 is 1.37. The van der Waals surface area contributed by atoms with Crippen molar-refractivity contribution < 1.29 is 4.79 Å². The molecule has 0 radical (unpaired) electrons. The predicted molar refractivity (Wildman–Crippen MR) is 118 cm³/mol. The Hall–Kier alpha value is -2.47. The van der Waals surface area contributed by atoms with Gasteiger partial charge in [-0.1, -0.05) is 36.8 Å². The second kappa shape index (κ2) is 8.49. The van der Waals surface area contributed by atoms with Crippen LogP contribution >= 0.6 is 11.3 Å². The predicted octanol–water partition coefficient (Wildman–Crippen LogP) is 4.20. The summed E-state index contributed by atoms with van der Waals surface area (Å²) in [6.45, 7) is 3.30. The summed E-state index contributed by atoms with van der Waals surface area (Å²) in [4.78, 5) is 34.0. The van der Waals surface area contributed by atoms with Crippen molar-refractivity contribution >= 4 is 27.5 Å². The van der Waals surface area contributed by atoms with Crippen LogP contribution in [0.1, 0.15) is 52.3 Å². The number of hydrogen-bond donors (Lipinski definition) is 0. The third-order valence-corrected chi connectivity index (χ3v) is 6.93. The van der Waals surface area contributed by atoms with E-state index in [1.165, 1.54) is 16.9 Å². The number of carbonyl (C=O) groups is 1. The number of aryl methyl sites for hydroxylation is 3. The average molecular weight is 410 g/mol. The van der Waals surface area contributed by atoms with Gasteiger partial charge < -0.3 is 4.90 Å². The second-order valence-corrected chi connectivity index (χ2v) is 8.85. The van der Waals surface area contributed by atoms with Crippen LogP contribution in [0.25, 0.3) is 10.2 Å². The summed E-state index contributed by atoms with van der Waals surface area (Å²) in [6.07, 6.45) is 5.90. The van der Waals surface area contributed by atoms with E-state index in [1.807, 2.05) is 36.7 Å². The largest absolute Gasteiger partial charge is 0.341 e. The molecule has 0 saturated heterocycles. The first-order valence-corrected chi connectivity index (χ1v) is 11.2. The first-order valence-electron chi connectivity index (χ1n) is 10.4. The van der Waals surface area contributed by atoms with Crippen molar-refractivity contribution in [3.05, 3.63) is 62.5 Å². The molecule has 152 valence electrons. The molecule has 3 aromatic rings. The molecule has 0 fully saturated rings. The first-order chi connectivity index (χ1) is 14.1. The molecule has 1 aliphatic heterocycles. The summed E-state index contributed by atoms with van der Waals surface area (Å²) in [5, 5.41) is 0.627. The van der Waals surface area contributed by atoms with Crippen LogP contribution in [0.4, 0.5) is 0 Å². The van der Waals surface area contributed by atoms with Crippen molar-refractivity contribution in [2.75, 3.05) is 13.6 Å². The van der Waals surface area contributed by atoms with E-state index in [9.17, 15) is 9.59 Å². The summed E-state index contributed by atoms with van der Waals surface area (Å²) < 4.78 is 1.83. The lowest BCUT2D eigenvalue weighted by Crippen LogP contribution is -2.28. The fourth-order valence-corrected chi connectivity index (χ4v) is 5.24. The molecule has 3 heterocycles. The van der Waals surface area contributed by atoms with Gasteiger partial charge in [0.2, 0.25) is 0 Å². The molecule has 0 atom stereocenters. The lowest BCUT2D eigenvalue weighted by atomic mass is 10.1. The number of aromatic nitrogens is 2. The average Bonchev–Trinajstić information content (AvgIpc) is 2.89. The maximum atomic E-state index is 13.1. The zero-order valence-corrected chi connectivity index (χ0v) is 17.9. The zero-order valence-electron chi connectivity index (χ0n) is 17.1. The Morgan fingerprint density at radius 2 is 2.00 bits per heavy atom. The molecule has 29 heavy (non-hydrogen) atoms. The molecule has 1 aromatic carbocycles. The van der Waals surface area contributed by atoms with Crippen LogP contribution in [-0.4, -0.2) is 34.0 Å². The Balaban J connectivity index is 1.55. The molecule has 0 bridgehead atoms. The van der Waals surface area contributed by atoms with Gasteiger partial charge in [-0.3, -0.25) is 14.2 Å². The quantitative estimate of drug-likeness (QED) is 0.635. The minimum Gasteiger partial charge on any atom is -0.341 e. The van der Waals surface area contributed by atoms with E-state index in [4.69, 9.17) is 4.98 Å². The molecule has 0 N–H and O–H groups in total. The van der Waals surface area contributed by atoms with Crippen molar-refractivity contribution in [3.63, 3.8) is 0 Å². The van der Waals surface area contributed by atoms with Gasteiger partial charge in [0, 0.05) is 26.6 Å². The first kappa shape index (κ1) is 19.8. The number of amides is 1. The second-order valence-electron chi connectivity index (χ2n) is 7.85. The standard InChI is InChI=1S/C23H27N3O2S/c1-16-19-21(24-18-13-7-4-8-15-26(18)22(19)27)29-20(16)23(28)25(2)14-9-12-17-10-5-3-6-11-17/h3,5-6,10-11H,4,7-9,12-15H2,1-2H3. The van der Waals surface area contributed by atoms with Gasteiger partial charge in [-0.15, -0.1) is 11.3 Å². The Kier molecular flexibility index (Phi) is 5.81. The number of rotatable bonds is 5. The molecule has 5 nitrogen and oxygen atoms in total. The normalized spacial score (nSPS) is 13.9. The Bertz CT molecular complexity index is 1080. The molecule has 2 aromatic heterocycles. The van der Waals surface area contributed by atoms with E-state index in [1.54, 1.807) is 4.90 Å². The summed E-state index contributed by atoms with van der Waals surface area (Å²) in [5.41, 5.74) is 2.08. The molecule has 6 heteroatoms. The van der Waals surface area contributed by atoms with Gasteiger partial charge in [-0.2, -0.15) is 0 Å². The molecular formula is C23H27N3O2S. The number of fused-ring (bicyclic) bond motifs is 2. The lowest BCUT2D eigenvalue weighted by Gasteiger charge is -2.16. The van der Waals surface area contributed by atoms with E-state index in [-0.39, 0.29) is 11.5 Å².